The molecule has 0 saturated carbocycles. The monoisotopic (exact) mass is 815 g/mol. The molecule has 58 heavy (non-hydrogen) atoms. The third kappa shape index (κ3) is 12.5. The highest BCUT2D eigenvalue weighted by Gasteiger charge is 2.53. The highest BCUT2D eigenvalue weighted by Crippen LogP contribution is 2.42. The van der Waals surface area contributed by atoms with Gasteiger partial charge in [-0.15, -0.1) is 0 Å². The van der Waals surface area contributed by atoms with Crippen LogP contribution >= 0.6 is 0 Å². The largest absolute Gasteiger partial charge is 0.510 e. The maximum atomic E-state index is 13.7. The fraction of sp³-hybridized carbons (Fsp3) is 0.636. The number of cyclic esters (lactones) is 1. The first kappa shape index (κ1) is 48.3. The van der Waals surface area contributed by atoms with Crippen LogP contribution in [0.15, 0.2) is 70.9 Å². The van der Waals surface area contributed by atoms with Crippen LogP contribution in [0.1, 0.15) is 88.0 Å². The van der Waals surface area contributed by atoms with Gasteiger partial charge < -0.3 is 49.4 Å². The van der Waals surface area contributed by atoms with Crippen LogP contribution in [-0.2, 0) is 42.9 Å². The summed E-state index contributed by atoms with van der Waals surface area (Å²) in [5, 5.41) is 47.4. The fourth-order valence-corrected chi connectivity index (χ4v) is 7.95. The third-order valence-corrected chi connectivity index (χ3v) is 11.5. The molecule has 12 unspecified atom stereocenters. The zero-order valence-corrected chi connectivity index (χ0v) is 35.8. The number of carbonyl (C=O) groups is 4. The van der Waals surface area contributed by atoms with Crippen molar-refractivity contribution < 1.29 is 63.3 Å². The summed E-state index contributed by atoms with van der Waals surface area (Å²) < 4.78 is 29.5. The Morgan fingerprint density at radius 3 is 2.29 bits per heavy atom. The van der Waals surface area contributed by atoms with Crippen LogP contribution in [0.4, 0.5) is 0 Å². The molecule has 0 spiro atoms. The number of nitrogens with one attached hydrogen (secondary N) is 1. The molecule has 3 aliphatic rings. The van der Waals surface area contributed by atoms with Gasteiger partial charge in [-0.3, -0.25) is 9.59 Å². The van der Waals surface area contributed by atoms with Crippen molar-refractivity contribution in [2.24, 2.45) is 35.5 Å². The molecule has 0 aromatic carbocycles. The predicted octanol–water partition coefficient (Wildman–Crippen LogP) is 5.05. The Bertz CT molecular complexity index is 1670. The lowest BCUT2D eigenvalue weighted by Crippen LogP contribution is -2.59. The normalized spacial score (nSPS) is 32.2. The van der Waals surface area contributed by atoms with E-state index in [0.717, 1.165) is 17.7 Å². The van der Waals surface area contributed by atoms with E-state index in [1.54, 1.807) is 32.9 Å². The Morgan fingerprint density at radius 1 is 1.03 bits per heavy atom. The van der Waals surface area contributed by atoms with Crippen molar-refractivity contribution in [3.05, 3.63) is 70.9 Å². The minimum absolute atomic E-state index is 0.0594. The molecule has 12 atom stereocenters. The summed E-state index contributed by atoms with van der Waals surface area (Å²) in [5.41, 5.74) is 1.48. The lowest BCUT2D eigenvalue weighted by molar-refractivity contribution is -0.329. The molecule has 14 heteroatoms. The van der Waals surface area contributed by atoms with Crippen LogP contribution in [0.5, 0.6) is 0 Å². The van der Waals surface area contributed by atoms with E-state index in [2.05, 4.69) is 5.32 Å². The van der Waals surface area contributed by atoms with E-state index < -0.39 is 83.8 Å². The van der Waals surface area contributed by atoms with Crippen LogP contribution < -0.4 is 5.32 Å². The minimum atomic E-state index is -2.04. The first-order valence-corrected chi connectivity index (χ1v) is 20.1. The maximum Gasteiger partial charge on any atom is 0.373 e. The van der Waals surface area contributed by atoms with Gasteiger partial charge in [-0.25, -0.2) is 9.59 Å². The van der Waals surface area contributed by atoms with E-state index >= 15 is 0 Å². The molecule has 3 rings (SSSR count). The molecule has 14 nitrogen and oxygen atoms in total. The van der Waals surface area contributed by atoms with Gasteiger partial charge in [-0.1, -0.05) is 83.9 Å². The Labute approximate surface area is 342 Å². The molecule has 2 heterocycles. The molecule has 1 fully saturated rings. The van der Waals surface area contributed by atoms with Crippen molar-refractivity contribution >= 4 is 23.6 Å². The van der Waals surface area contributed by atoms with Crippen molar-refractivity contribution in [3.63, 3.8) is 0 Å². The van der Waals surface area contributed by atoms with Gasteiger partial charge in [-0.2, -0.15) is 0 Å². The number of carbonyl (C=O) groups excluding carboxylic acids is 4. The van der Waals surface area contributed by atoms with Gasteiger partial charge in [0.05, 0.1) is 25.4 Å². The van der Waals surface area contributed by atoms with E-state index in [1.165, 1.54) is 20.3 Å². The molecular formula is C44H65NO13. The summed E-state index contributed by atoms with van der Waals surface area (Å²) in [7, 11) is 2.79. The Hall–Kier alpha value is -4.08. The summed E-state index contributed by atoms with van der Waals surface area (Å²) in [4.78, 5) is 51.1. The van der Waals surface area contributed by atoms with E-state index in [-0.39, 0.29) is 54.2 Å². The number of aliphatic hydroxyl groups excluding tert-OH is 3. The molecule has 0 bridgehead atoms. The number of amides is 1. The first-order chi connectivity index (χ1) is 27.1. The minimum Gasteiger partial charge on any atom is -0.510 e. The smallest absolute Gasteiger partial charge is 0.373 e. The van der Waals surface area contributed by atoms with Gasteiger partial charge >= 0.3 is 11.9 Å². The number of rotatable bonds is 11. The summed E-state index contributed by atoms with van der Waals surface area (Å²) in [6.07, 6.45) is 5.61. The molecule has 0 radical (unpaired) electrons. The zero-order valence-electron chi connectivity index (χ0n) is 35.8. The topological polar surface area (TPSA) is 207 Å². The predicted molar refractivity (Wildman–Crippen MR) is 215 cm³/mol. The number of Topliss-reactive ketones (excluding diaryl/α,β-unsaturated/α-hetero) is 1. The quantitative estimate of drug-likeness (QED) is 0.137. The van der Waals surface area contributed by atoms with Gasteiger partial charge in [0.2, 0.25) is 11.7 Å². The van der Waals surface area contributed by atoms with Crippen LogP contribution in [0.3, 0.4) is 0 Å². The van der Waals surface area contributed by atoms with Crippen molar-refractivity contribution in [2.75, 3.05) is 14.2 Å². The number of allylic oxidation sites excluding steroid dienone is 7. The van der Waals surface area contributed by atoms with Crippen molar-refractivity contribution in [3.8, 4) is 0 Å². The average Bonchev–Trinajstić information content (AvgIpc) is 3.48. The lowest BCUT2D eigenvalue weighted by Gasteiger charge is -2.50. The Balaban J connectivity index is 1.92. The first-order valence-electron chi connectivity index (χ1n) is 20.1. The highest BCUT2D eigenvalue weighted by molar-refractivity contribution is 6.04. The van der Waals surface area contributed by atoms with Gasteiger partial charge in [0.15, 0.2) is 11.6 Å². The summed E-state index contributed by atoms with van der Waals surface area (Å²) in [6.45, 7) is 16.5. The third-order valence-electron chi connectivity index (χ3n) is 11.5. The van der Waals surface area contributed by atoms with E-state index in [1.807, 2.05) is 53.7 Å². The number of ether oxygens (including phenoxy) is 5. The molecule has 324 valence electrons. The number of hydrogen-bond donors (Lipinski definition) is 5. The molecule has 1 amide bonds. The van der Waals surface area contributed by atoms with Crippen LogP contribution in [0.25, 0.3) is 0 Å². The van der Waals surface area contributed by atoms with Crippen molar-refractivity contribution in [1.82, 2.24) is 5.32 Å². The standard InChI is InChI=1S/C44H65NO13/c1-23(2)41-28(7)35(56-37(49)18-17-36(48)45-38-31(46)15-16-32(38)47)22-44(53,58-41)30(9)40(51)29(8)42-33(54-10)14-12-13-24(3)19-26(5)39(50)27(6)20-25(4)21-34(55-11)43(52)57-42/h12-14,17-18,20-21,23,26-30,33,35,39-42,46,50-51,53H,15-16,19,22H2,1-11H3,(H,45,48). The molecule has 1 saturated heterocycles. The average molecular weight is 816 g/mol. The molecule has 5 N–H and O–H groups in total. The van der Waals surface area contributed by atoms with Gasteiger partial charge in [0.1, 0.15) is 29.8 Å². The highest BCUT2D eigenvalue weighted by atomic mass is 16.6. The molecular weight excluding hydrogens is 750 g/mol. The summed E-state index contributed by atoms with van der Waals surface area (Å²) in [6, 6.07) is 0. The second kappa shape index (κ2) is 21.3. The Morgan fingerprint density at radius 2 is 1.71 bits per heavy atom. The number of hydrogen-bond acceptors (Lipinski definition) is 13. The van der Waals surface area contributed by atoms with Crippen LogP contribution in [0.2, 0.25) is 0 Å². The van der Waals surface area contributed by atoms with Crippen molar-refractivity contribution in [2.45, 2.75) is 130 Å². The SMILES string of the molecule is COC1=CC(C)=CC(C)C(O)C(C)CC(C)=CC=CC(OC)C(C(C)C(O)C(C)C2(O)CC(OC(=O)C=CC(=O)NC3=C(O)CCC3=O)C(C)C(C(C)C)O2)OC1=O. The number of methoxy groups -OCH3 is 2. The Kier molecular flexibility index (Phi) is 17.7. The van der Waals surface area contributed by atoms with E-state index in [9.17, 15) is 39.6 Å². The van der Waals surface area contributed by atoms with Gasteiger partial charge in [0.25, 0.3) is 0 Å². The van der Waals surface area contributed by atoms with Crippen LogP contribution in [-0.4, -0.2) is 101 Å². The molecule has 0 aromatic heterocycles. The van der Waals surface area contributed by atoms with Crippen molar-refractivity contribution in [1.29, 1.82) is 0 Å². The molecule has 1 aliphatic carbocycles. The molecule has 2 aliphatic heterocycles. The number of aliphatic hydroxyl groups is 4. The maximum absolute atomic E-state index is 13.7. The fourth-order valence-electron chi connectivity index (χ4n) is 7.95. The number of esters is 2. The second-order valence-electron chi connectivity index (χ2n) is 16.5. The van der Waals surface area contributed by atoms with Crippen LogP contribution in [0, 0.1) is 35.5 Å². The summed E-state index contributed by atoms with van der Waals surface area (Å²) in [5.74, 6) is -8.07. The number of ketones is 1. The zero-order chi connectivity index (χ0) is 43.6. The lowest BCUT2D eigenvalue weighted by atomic mass is 9.76. The second-order valence-corrected chi connectivity index (χ2v) is 16.5. The van der Waals surface area contributed by atoms with E-state index in [0.29, 0.717) is 12.0 Å². The molecule has 0 aromatic rings. The van der Waals surface area contributed by atoms with E-state index in [4.69, 9.17) is 23.7 Å². The van der Waals surface area contributed by atoms with Gasteiger partial charge in [0, 0.05) is 62.2 Å². The summed E-state index contributed by atoms with van der Waals surface area (Å²) >= 11 is 0. The van der Waals surface area contributed by atoms with Gasteiger partial charge in [-0.05, 0) is 38.2 Å².